The van der Waals surface area contributed by atoms with Gasteiger partial charge >= 0.3 is 0 Å². The fourth-order valence-electron chi connectivity index (χ4n) is 2.19. The van der Waals surface area contributed by atoms with Gasteiger partial charge in [0.05, 0.1) is 0 Å². The van der Waals surface area contributed by atoms with Crippen molar-refractivity contribution in [1.82, 2.24) is 4.98 Å². The monoisotopic (exact) mass is 335 g/mol. The van der Waals surface area contributed by atoms with E-state index in [0.717, 1.165) is 5.69 Å². The summed E-state index contributed by atoms with van der Waals surface area (Å²) in [5.41, 5.74) is 2.00. The maximum atomic E-state index is 10.7. The number of terminal acetylenes is 1. The summed E-state index contributed by atoms with van der Waals surface area (Å²) < 4.78 is 5.63. The first kappa shape index (κ1) is 16.8. The van der Waals surface area contributed by atoms with Gasteiger partial charge in [-0.1, -0.05) is 41.3 Å². The fourth-order valence-corrected chi connectivity index (χ4v) is 2.71. The quantitative estimate of drug-likeness (QED) is 0.835. The number of aryl methyl sites for hydroxylation is 1. The molecule has 0 amide bonds. The first-order chi connectivity index (χ1) is 10.5. The second kappa shape index (κ2) is 7.62. The summed E-state index contributed by atoms with van der Waals surface area (Å²) in [5, 5.41) is 11.6. The van der Waals surface area contributed by atoms with Crippen LogP contribution >= 0.6 is 23.2 Å². The van der Waals surface area contributed by atoms with Crippen LogP contribution in [0.1, 0.15) is 29.0 Å². The predicted octanol–water partition coefficient (Wildman–Crippen LogP) is 4.12. The van der Waals surface area contributed by atoms with Crippen LogP contribution in [0.15, 0.2) is 36.5 Å². The number of ether oxygens (including phenoxy) is 1. The number of rotatable bonds is 5. The van der Waals surface area contributed by atoms with Gasteiger partial charge in [0.15, 0.2) is 0 Å². The Bertz CT molecular complexity index is 697. The van der Waals surface area contributed by atoms with E-state index in [1.54, 1.807) is 36.5 Å². The van der Waals surface area contributed by atoms with Crippen LogP contribution in [0.5, 0.6) is 0 Å². The molecule has 5 heteroatoms. The molecule has 0 saturated carbocycles. The fraction of sp³-hybridized carbons (Fsp3) is 0.235. The third-order valence-corrected chi connectivity index (χ3v) is 3.83. The topological polar surface area (TPSA) is 42.4 Å². The van der Waals surface area contributed by atoms with Gasteiger partial charge in [-0.05, 0) is 25.1 Å². The van der Waals surface area contributed by atoms with Crippen molar-refractivity contribution in [3.63, 3.8) is 0 Å². The van der Waals surface area contributed by atoms with Crippen molar-refractivity contribution in [2.24, 2.45) is 0 Å². The highest BCUT2D eigenvalue weighted by molar-refractivity contribution is 6.35. The molecule has 0 fully saturated rings. The zero-order valence-electron chi connectivity index (χ0n) is 12.0. The lowest BCUT2D eigenvalue weighted by Gasteiger charge is -2.25. The lowest BCUT2D eigenvalue weighted by Crippen LogP contribution is -2.16. The first-order valence-electron chi connectivity index (χ1n) is 6.64. The molecule has 2 aromatic rings. The molecule has 2 atom stereocenters. The standard InChI is InChI=1S/C17H15Cl2NO2/c1-3-9-22-17(14-7-6-12(18)10-15(14)19)16(21)13-5-4-8-20-11(13)2/h1,4-8,10,16-17,21H,9H2,2H3. The molecule has 0 aliphatic rings. The molecule has 114 valence electrons. The smallest absolute Gasteiger partial charge is 0.115 e. The van der Waals surface area contributed by atoms with E-state index in [0.29, 0.717) is 21.2 Å². The van der Waals surface area contributed by atoms with E-state index in [2.05, 4.69) is 10.9 Å². The maximum Gasteiger partial charge on any atom is 0.115 e. The van der Waals surface area contributed by atoms with E-state index >= 15 is 0 Å². The van der Waals surface area contributed by atoms with Crippen molar-refractivity contribution < 1.29 is 9.84 Å². The Morgan fingerprint density at radius 2 is 2.09 bits per heavy atom. The molecule has 0 aliphatic carbocycles. The van der Waals surface area contributed by atoms with Gasteiger partial charge in [-0.25, -0.2) is 0 Å². The Kier molecular flexibility index (Phi) is 5.82. The SMILES string of the molecule is C#CCOC(c1ccc(Cl)cc1Cl)C(O)c1cccnc1C. The van der Waals surface area contributed by atoms with Gasteiger partial charge in [0.1, 0.15) is 18.8 Å². The Labute approximate surface area is 139 Å². The van der Waals surface area contributed by atoms with Crippen molar-refractivity contribution >= 4 is 23.2 Å². The minimum atomic E-state index is -0.944. The normalized spacial score (nSPS) is 13.4. The minimum absolute atomic E-state index is 0.0555. The summed E-state index contributed by atoms with van der Waals surface area (Å²) in [6, 6.07) is 8.57. The molecule has 1 aromatic heterocycles. The molecule has 1 heterocycles. The summed E-state index contributed by atoms with van der Waals surface area (Å²) in [7, 11) is 0. The molecule has 3 nitrogen and oxygen atoms in total. The summed E-state index contributed by atoms with van der Waals surface area (Å²) >= 11 is 12.1. The summed E-state index contributed by atoms with van der Waals surface area (Å²) in [6.07, 6.45) is 5.28. The van der Waals surface area contributed by atoms with Crippen LogP contribution in [-0.4, -0.2) is 16.7 Å². The molecule has 1 N–H and O–H groups in total. The van der Waals surface area contributed by atoms with Crippen LogP contribution in [0, 0.1) is 19.3 Å². The minimum Gasteiger partial charge on any atom is -0.385 e. The molecule has 2 rings (SSSR count). The highest BCUT2D eigenvalue weighted by Crippen LogP contribution is 2.37. The van der Waals surface area contributed by atoms with E-state index in [-0.39, 0.29) is 6.61 Å². The van der Waals surface area contributed by atoms with Crippen LogP contribution < -0.4 is 0 Å². The predicted molar refractivity (Wildman–Crippen MR) is 87.9 cm³/mol. The number of nitrogens with zero attached hydrogens (tertiary/aromatic N) is 1. The van der Waals surface area contributed by atoms with E-state index in [1.807, 2.05) is 6.92 Å². The Morgan fingerprint density at radius 1 is 1.32 bits per heavy atom. The van der Waals surface area contributed by atoms with Gasteiger partial charge in [0, 0.05) is 33.1 Å². The van der Waals surface area contributed by atoms with E-state index in [4.69, 9.17) is 34.4 Å². The van der Waals surface area contributed by atoms with E-state index < -0.39 is 12.2 Å². The van der Waals surface area contributed by atoms with Gasteiger partial charge in [-0.3, -0.25) is 4.98 Å². The third-order valence-electron chi connectivity index (χ3n) is 3.27. The Hall–Kier alpha value is -1.57. The van der Waals surface area contributed by atoms with Crippen LogP contribution in [-0.2, 0) is 4.74 Å². The lowest BCUT2D eigenvalue weighted by atomic mass is 9.97. The first-order valence-corrected chi connectivity index (χ1v) is 7.39. The van der Waals surface area contributed by atoms with E-state index in [9.17, 15) is 5.11 Å². The Morgan fingerprint density at radius 3 is 2.73 bits per heavy atom. The van der Waals surface area contributed by atoms with Crippen molar-refractivity contribution in [1.29, 1.82) is 0 Å². The number of aliphatic hydroxyl groups excluding tert-OH is 1. The van der Waals surface area contributed by atoms with Gasteiger partial charge < -0.3 is 9.84 Å². The van der Waals surface area contributed by atoms with Gasteiger partial charge in [-0.2, -0.15) is 0 Å². The highest BCUT2D eigenvalue weighted by atomic mass is 35.5. The third kappa shape index (κ3) is 3.79. The Balaban J connectivity index is 2.42. The van der Waals surface area contributed by atoms with Crippen LogP contribution in [0.3, 0.4) is 0 Å². The molecule has 0 aliphatic heterocycles. The van der Waals surface area contributed by atoms with Gasteiger partial charge in [0.2, 0.25) is 0 Å². The maximum absolute atomic E-state index is 10.7. The molecule has 22 heavy (non-hydrogen) atoms. The van der Waals surface area contributed by atoms with Crippen molar-refractivity contribution in [3.05, 3.63) is 63.4 Å². The zero-order chi connectivity index (χ0) is 16.1. The summed E-state index contributed by atoms with van der Waals surface area (Å²) in [6.45, 7) is 1.88. The van der Waals surface area contributed by atoms with Crippen molar-refractivity contribution in [2.75, 3.05) is 6.61 Å². The van der Waals surface area contributed by atoms with Gasteiger partial charge in [0.25, 0.3) is 0 Å². The second-order valence-corrected chi connectivity index (χ2v) is 5.57. The molecule has 0 radical (unpaired) electrons. The number of benzene rings is 1. The number of hydrogen-bond donors (Lipinski definition) is 1. The number of hydrogen-bond acceptors (Lipinski definition) is 3. The average Bonchev–Trinajstić information content (AvgIpc) is 2.49. The highest BCUT2D eigenvalue weighted by Gasteiger charge is 2.27. The largest absolute Gasteiger partial charge is 0.385 e. The summed E-state index contributed by atoms with van der Waals surface area (Å²) in [4.78, 5) is 4.18. The average molecular weight is 336 g/mol. The zero-order valence-corrected chi connectivity index (χ0v) is 13.5. The molecular weight excluding hydrogens is 321 g/mol. The number of halogens is 2. The van der Waals surface area contributed by atoms with Crippen molar-refractivity contribution in [2.45, 2.75) is 19.1 Å². The number of pyridine rings is 1. The molecule has 1 aromatic carbocycles. The number of aromatic nitrogens is 1. The molecular formula is C17H15Cl2NO2. The molecule has 2 unspecified atom stereocenters. The van der Waals surface area contributed by atoms with Crippen LogP contribution in [0.2, 0.25) is 10.0 Å². The molecule has 0 spiro atoms. The lowest BCUT2D eigenvalue weighted by molar-refractivity contribution is -0.0284. The van der Waals surface area contributed by atoms with Crippen LogP contribution in [0.4, 0.5) is 0 Å². The van der Waals surface area contributed by atoms with Crippen LogP contribution in [0.25, 0.3) is 0 Å². The number of aliphatic hydroxyl groups is 1. The molecule has 0 saturated heterocycles. The van der Waals surface area contributed by atoms with Gasteiger partial charge in [-0.15, -0.1) is 6.42 Å². The second-order valence-electron chi connectivity index (χ2n) is 4.72. The van der Waals surface area contributed by atoms with E-state index in [1.165, 1.54) is 0 Å². The summed E-state index contributed by atoms with van der Waals surface area (Å²) in [5.74, 6) is 2.40. The van der Waals surface area contributed by atoms with Crippen molar-refractivity contribution in [3.8, 4) is 12.3 Å². The molecule has 0 bridgehead atoms.